The van der Waals surface area contributed by atoms with Crippen LogP contribution in [0.25, 0.3) is 0 Å². The molecule has 0 aromatic rings. The van der Waals surface area contributed by atoms with Gasteiger partial charge in [0.1, 0.15) is 0 Å². The summed E-state index contributed by atoms with van der Waals surface area (Å²) >= 11 is 0. The van der Waals surface area contributed by atoms with Gasteiger partial charge < -0.3 is 5.73 Å². The first kappa shape index (κ1) is 11.0. The first-order valence-corrected chi connectivity index (χ1v) is 5.78. The zero-order chi connectivity index (χ0) is 10.0. The van der Waals surface area contributed by atoms with Gasteiger partial charge in [-0.05, 0) is 42.9 Å². The van der Waals surface area contributed by atoms with Gasteiger partial charge in [-0.3, -0.25) is 0 Å². The summed E-state index contributed by atoms with van der Waals surface area (Å²) in [5, 5.41) is 0. The molecule has 1 fully saturated rings. The Balaban J connectivity index is 2.54. The summed E-state index contributed by atoms with van der Waals surface area (Å²) in [6, 6.07) is 0.466. The van der Waals surface area contributed by atoms with E-state index in [1.807, 2.05) is 0 Å². The van der Waals surface area contributed by atoms with E-state index in [9.17, 15) is 0 Å². The Morgan fingerprint density at radius 1 is 1.15 bits per heavy atom. The molecular formula is C12H25N. The molecular weight excluding hydrogens is 158 g/mol. The van der Waals surface area contributed by atoms with E-state index in [-0.39, 0.29) is 0 Å². The zero-order valence-corrected chi connectivity index (χ0v) is 9.59. The number of rotatable bonds is 2. The van der Waals surface area contributed by atoms with Crippen molar-refractivity contribution in [1.82, 2.24) is 0 Å². The molecule has 0 aromatic carbocycles. The van der Waals surface area contributed by atoms with Crippen molar-refractivity contribution in [3.05, 3.63) is 0 Å². The fourth-order valence-corrected chi connectivity index (χ4v) is 2.55. The molecule has 0 saturated heterocycles. The summed E-state index contributed by atoms with van der Waals surface area (Å²) in [6.45, 7) is 9.37. The van der Waals surface area contributed by atoms with Crippen molar-refractivity contribution in [3.63, 3.8) is 0 Å². The van der Waals surface area contributed by atoms with Crippen LogP contribution in [0.5, 0.6) is 0 Å². The Morgan fingerprint density at radius 3 is 2.31 bits per heavy atom. The van der Waals surface area contributed by atoms with Crippen LogP contribution in [0.3, 0.4) is 0 Å². The fraction of sp³-hybridized carbons (Fsp3) is 1.00. The lowest BCUT2D eigenvalue weighted by Crippen LogP contribution is -2.40. The van der Waals surface area contributed by atoms with Gasteiger partial charge in [0.05, 0.1) is 0 Å². The third-order valence-corrected chi connectivity index (χ3v) is 3.94. The topological polar surface area (TPSA) is 26.0 Å². The molecule has 0 aliphatic heterocycles. The summed E-state index contributed by atoms with van der Waals surface area (Å²) in [6.07, 6.45) is 3.92. The van der Waals surface area contributed by atoms with Crippen molar-refractivity contribution in [2.75, 3.05) is 0 Å². The Hall–Kier alpha value is -0.0400. The van der Waals surface area contributed by atoms with Crippen molar-refractivity contribution in [3.8, 4) is 0 Å². The van der Waals surface area contributed by atoms with Crippen molar-refractivity contribution >= 4 is 0 Å². The summed E-state index contributed by atoms with van der Waals surface area (Å²) in [5.41, 5.74) is 6.18. The van der Waals surface area contributed by atoms with Crippen molar-refractivity contribution < 1.29 is 0 Å². The van der Waals surface area contributed by atoms with Crippen LogP contribution in [0, 0.1) is 23.7 Å². The smallest absolute Gasteiger partial charge is 0.00700 e. The van der Waals surface area contributed by atoms with E-state index in [0.717, 1.165) is 23.7 Å². The van der Waals surface area contributed by atoms with Gasteiger partial charge in [0.2, 0.25) is 0 Å². The molecule has 2 N–H and O–H groups in total. The largest absolute Gasteiger partial charge is 0.327 e. The number of nitrogens with two attached hydrogens (primary N) is 1. The van der Waals surface area contributed by atoms with Gasteiger partial charge in [-0.25, -0.2) is 0 Å². The van der Waals surface area contributed by atoms with Crippen LogP contribution in [0.15, 0.2) is 0 Å². The van der Waals surface area contributed by atoms with Gasteiger partial charge in [-0.15, -0.1) is 0 Å². The molecule has 13 heavy (non-hydrogen) atoms. The highest BCUT2D eigenvalue weighted by Crippen LogP contribution is 2.35. The molecule has 1 aliphatic carbocycles. The second-order valence-electron chi connectivity index (χ2n) is 5.35. The van der Waals surface area contributed by atoms with Crippen molar-refractivity contribution in [1.29, 1.82) is 0 Å². The zero-order valence-electron chi connectivity index (χ0n) is 9.59. The highest BCUT2D eigenvalue weighted by molar-refractivity contribution is 4.85. The van der Waals surface area contributed by atoms with Crippen LogP contribution < -0.4 is 5.73 Å². The molecule has 4 atom stereocenters. The average Bonchev–Trinajstić information content (AvgIpc) is 2.08. The Kier molecular flexibility index (Phi) is 3.78. The molecule has 0 spiro atoms. The minimum absolute atomic E-state index is 0.466. The molecule has 0 aromatic heterocycles. The molecule has 0 heterocycles. The lowest BCUT2D eigenvalue weighted by molar-refractivity contribution is 0.153. The predicted octanol–water partition coefficient (Wildman–Crippen LogP) is 3.04. The molecule has 4 unspecified atom stereocenters. The van der Waals surface area contributed by atoms with Crippen LogP contribution in [-0.2, 0) is 0 Å². The van der Waals surface area contributed by atoms with Gasteiger partial charge in [0, 0.05) is 6.04 Å². The summed E-state index contributed by atoms with van der Waals surface area (Å²) in [7, 11) is 0. The van der Waals surface area contributed by atoms with Crippen LogP contribution in [0.1, 0.15) is 47.0 Å². The van der Waals surface area contributed by atoms with Crippen LogP contribution in [-0.4, -0.2) is 6.04 Å². The molecule has 78 valence electrons. The maximum atomic E-state index is 6.18. The van der Waals surface area contributed by atoms with Gasteiger partial charge in [0.15, 0.2) is 0 Å². The molecule has 1 nitrogen and oxygen atoms in total. The van der Waals surface area contributed by atoms with Crippen LogP contribution in [0.4, 0.5) is 0 Å². The van der Waals surface area contributed by atoms with Gasteiger partial charge >= 0.3 is 0 Å². The van der Waals surface area contributed by atoms with E-state index in [1.54, 1.807) is 0 Å². The highest BCUT2D eigenvalue weighted by Gasteiger charge is 2.31. The highest BCUT2D eigenvalue weighted by atomic mass is 14.7. The SMILES string of the molecule is CC1CCC(N)C(C(C)C(C)C)C1. The van der Waals surface area contributed by atoms with Gasteiger partial charge in [-0.2, -0.15) is 0 Å². The quantitative estimate of drug-likeness (QED) is 0.699. The molecule has 1 saturated carbocycles. The Morgan fingerprint density at radius 2 is 1.77 bits per heavy atom. The minimum atomic E-state index is 0.466. The predicted molar refractivity (Wildman–Crippen MR) is 58.5 cm³/mol. The van der Waals surface area contributed by atoms with Crippen LogP contribution >= 0.6 is 0 Å². The molecule has 1 rings (SSSR count). The molecule has 0 bridgehead atoms. The summed E-state index contributed by atoms with van der Waals surface area (Å²) in [5.74, 6) is 3.23. The third kappa shape index (κ3) is 2.70. The second kappa shape index (κ2) is 4.45. The second-order valence-corrected chi connectivity index (χ2v) is 5.35. The molecule has 1 heteroatoms. The van der Waals surface area contributed by atoms with Crippen LogP contribution in [0.2, 0.25) is 0 Å². The fourth-order valence-electron chi connectivity index (χ4n) is 2.55. The molecule has 0 amide bonds. The van der Waals surface area contributed by atoms with Crippen molar-refractivity contribution in [2.45, 2.75) is 53.0 Å². The van der Waals surface area contributed by atoms with Gasteiger partial charge in [-0.1, -0.05) is 27.7 Å². The van der Waals surface area contributed by atoms with Gasteiger partial charge in [0.25, 0.3) is 0 Å². The first-order valence-electron chi connectivity index (χ1n) is 5.78. The normalized spacial score (nSPS) is 37.8. The van der Waals surface area contributed by atoms with E-state index in [1.165, 1.54) is 19.3 Å². The van der Waals surface area contributed by atoms with E-state index in [0.29, 0.717) is 6.04 Å². The monoisotopic (exact) mass is 183 g/mol. The Labute approximate surface area is 83.1 Å². The van der Waals surface area contributed by atoms with E-state index in [4.69, 9.17) is 5.73 Å². The summed E-state index contributed by atoms with van der Waals surface area (Å²) < 4.78 is 0. The standard InChI is InChI=1S/C12H25N/c1-8(2)10(4)11-7-9(3)5-6-12(11)13/h8-12H,5-7,13H2,1-4H3. The average molecular weight is 183 g/mol. The Bertz CT molecular complexity index is 153. The van der Waals surface area contributed by atoms with E-state index in [2.05, 4.69) is 27.7 Å². The maximum Gasteiger partial charge on any atom is 0.00700 e. The van der Waals surface area contributed by atoms with E-state index >= 15 is 0 Å². The summed E-state index contributed by atoms with van der Waals surface area (Å²) in [4.78, 5) is 0. The maximum absolute atomic E-state index is 6.18. The third-order valence-electron chi connectivity index (χ3n) is 3.94. The minimum Gasteiger partial charge on any atom is -0.327 e. The first-order chi connectivity index (χ1) is 6.02. The lowest BCUT2D eigenvalue weighted by atomic mass is 9.70. The molecule has 0 radical (unpaired) electrons. The lowest BCUT2D eigenvalue weighted by Gasteiger charge is -2.38. The van der Waals surface area contributed by atoms with E-state index < -0.39 is 0 Å². The number of hydrogen-bond donors (Lipinski definition) is 1. The number of hydrogen-bond acceptors (Lipinski definition) is 1. The van der Waals surface area contributed by atoms with Crippen molar-refractivity contribution in [2.24, 2.45) is 29.4 Å². The molecule has 1 aliphatic rings.